The topological polar surface area (TPSA) is 108 Å². The van der Waals surface area contributed by atoms with Gasteiger partial charge in [0.1, 0.15) is 33.8 Å². The van der Waals surface area contributed by atoms with E-state index in [-0.39, 0.29) is 27.5 Å². The quantitative estimate of drug-likeness (QED) is 0.0772. The van der Waals surface area contributed by atoms with E-state index >= 15 is 0 Å². The number of nitrogens with two attached hydrogens (primary N) is 1. The molecule has 3 saturated carbocycles. The van der Waals surface area contributed by atoms with Crippen LogP contribution in [0, 0.1) is 39.8 Å². The molecule has 0 aliphatic heterocycles. The van der Waals surface area contributed by atoms with Crippen molar-refractivity contribution in [3.8, 4) is 0 Å². The van der Waals surface area contributed by atoms with Crippen LogP contribution in [0.5, 0.6) is 0 Å². The van der Waals surface area contributed by atoms with Crippen molar-refractivity contribution < 1.29 is 27.2 Å². The van der Waals surface area contributed by atoms with E-state index < -0.39 is 35.4 Å². The number of hydrogen-bond donors (Lipinski definition) is 2. The molecule has 17 rings (SSSR count). The molecule has 8 nitrogen and oxygen atoms in total. The Morgan fingerprint density at radius 3 is 1.38 bits per heavy atom. The number of aromatic nitrogens is 4. The van der Waals surface area contributed by atoms with Gasteiger partial charge in [0.15, 0.2) is 0 Å². The van der Waals surface area contributed by atoms with Crippen LogP contribution >= 0.6 is 155 Å². The molecule has 0 spiro atoms. The first kappa shape index (κ1) is 83.6. The molecule has 6 aromatic carbocycles. The molecule has 107 heavy (non-hydrogen) atoms. The number of nitrogens with one attached hydrogen (secondary N) is 1. The lowest BCUT2D eigenvalue weighted by atomic mass is 9.89. The molecule has 9 aliphatic rings. The normalized spacial score (nSPS) is 19.9. The first-order valence-electron chi connectivity index (χ1n) is 33.8. The van der Waals surface area contributed by atoms with Crippen LogP contribution in [0.3, 0.4) is 0 Å². The molecular formula is C82H69BrCl12F4N6O2. The van der Waals surface area contributed by atoms with Gasteiger partial charge in [-0.2, -0.15) is 10.2 Å². The fourth-order valence-corrected chi connectivity index (χ4v) is 18.7. The Bertz CT molecular complexity index is 4810. The highest BCUT2D eigenvalue weighted by Gasteiger charge is 2.47. The van der Waals surface area contributed by atoms with Crippen LogP contribution < -0.4 is 11.1 Å². The second-order valence-corrected chi connectivity index (χ2v) is 32.7. The molecule has 0 radical (unpaired) electrons. The Kier molecular flexibility index (Phi) is 28.9. The van der Waals surface area contributed by atoms with Gasteiger partial charge >= 0.3 is 0 Å². The van der Waals surface area contributed by atoms with Gasteiger partial charge in [0.25, 0.3) is 24.0 Å². The van der Waals surface area contributed by atoms with Crippen LogP contribution in [-0.2, 0) is 14.1 Å². The van der Waals surface area contributed by atoms with Gasteiger partial charge in [-0.15, -0.1) is 0 Å². The number of hydrogen-bond acceptors (Lipinski definition) is 5. The molecule has 2 aromatic heterocycles. The van der Waals surface area contributed by atoms with Crippen LogP contribution in [-0.4, -0.2) is 30.7 Å². The van der Waals surface area contributed by atoms with Gasteiger partial charge in [0.05, 0.1) is 16.1 Å². The van der Waals surface area contributed by atoms with Crippen LogP contribution in [0.2, 0.25) is 5.02 Å². The summed E-state index contributed by atoms with van der Waals surface area (Å²) in [6.07, 6.45) is 15.3. The standard InChI is InChI=1S/C18H15Cl2F2N3O.C13H12Cl2.C13H10Cl2.C12H11Cl2N.C7H6BrCl.C7H6.C6H4Cl2.C6H5ClF2N2O/c1-25-7-11(15(24-25)17(21)22)18(26)23-12-4-2-3-8-9-5-6-10(13(8)12)14(9)16(19)20;2*1-7-3-2-4-8-9-5-6-10(11(7)8)12(9)13(14)15;13-12(14)11-7-4-5-8(11)10-6(7)2-1-3-9(10)15;1-5-3-2-4-6(8)7(5)9;1-7-5-3-2-4-6-7;7-6(8)5-3-1-2-4-5;1-11-2-3(5(7)12)4(10-11)6(8)9/h2-4,7,9-10,17H,5-6H2,1H3,(H,23,26);2-4,9-10H,5-6H2,1H3;2-6,9-10H,1H3;1-3,7-8H,4-5,15H2;2-4H,1H3;2-3,5H,1H3;1-4H;2,6H,1H3. The van der Waals surface area contributed by atoms with Crippen molar-refractivity contribution in [2.24, 2.45) is 14.1 Å². The zero-order valence-electron chi connectivity index (χ0n) is 58.1. The van der Waals surface area contributed by atoms with Crippen LogP contribution in [0.25, 0.3) is 0 Å². The summed E-state index contributed by atoms with van der Waals surface area (Å²) < 4.78 is 55.8. The van der Waals surface area contributed by atoms with E-state index in [9.17, 15) is 27.2 Å². The number of amides is 1. The van der Waals surface area contributed by atoms with E-state index in [0.717, 1.165) is 90.7 Å². The molecule has 8 atom stereocenters. The third-order valence-corrected chi connectivity index (χ3v) is 23.8. The number of aryl methyl sites for hydroxylation is 6. The summed E-state index contributed by atoms with van der Waals surface area (Å²) in [5.41, 5.74) is 26.9. The van der Waals surface area contributed by atoms with Gasteiger partial charge in [0, 0.05) is 95.3 Å². The molecule has 3 N–H and O–H groups in total. The van der Waals surface area contributed by atoms with Gasteiger partial charge in [-0.25, -0.2) is 17.6 Å². The molecule has 558 valence electrons. The van der Waals surface area contributed by atoms with Gasteiger partial charge in [-0.1, -0.05) is 261 Å². The molecule has 8 unspecified atom stereocenters. The Morgan fingerprint density at radius 1 is 0.514 bits per heavy atom. The minimum atomic E-state index is -2.82. The van der Waals surface area contributed by atoms with Crippen molar-refractivity contribution in [3.05, 3.63) is 319 Å². The van der Waals surface area contributed by atoms with Crippen molar-refractivity contribution in [1.29, 1.82) is 0 Å². The second-order valence-electron chi connectivity index (χ2n) is 26.4. The third-order valence-electron chi connectivity index (χ3n) is 20.0. The Hall–Kier alpha value is -5.90. The number of anilines is 2. The fraction of sp³-hybridized carbons (Fsp3) is 0.268. The molecule has 8 aromatic rings. The Labute approximate surface area is 688 Å². The fourth-order valence-electron chi connectivity index (χ4n) is 15.7. The number of nitrogen functional groups attached to an aromatic ring is 1. The number of alkyl halides is 4. The predicted molar refractivity (Wildman–Crippen MR) is 438 cm³/mol. The highest BCUT2D eigenvalue weighted by atomic mass is 79.9. The molecule has 25 heteroatoms. The number of carbonyl (C=O) groups excluding carboxylic acids is 2. The largest absolute Gasteiger partial charge is 0.398 e. The molecule has 1 amide bonds. The third kappa shape index (κ3) is 18.7. The lowest BCUT2D eigenvalue weighted by molar-refractivity contribution is 0.101. The van der Waals surface area contributed by atoms with Crippen molar-refractivity contribution >= 4 is 178 Å². The van der Waals surface area contributed by atoms with E-state index in [1.807, 2.05) is 98.8 Å². The Balaban J connectivity index is 0.000000135. The van der Waals surface area contributed by atoms with E-state index in [2.05, 4.69) is 112 Å². The molecule has 3 fully saturated rings. The van der Waals surface area contributed by atoms with Crippen molar-refractivity contribution in [2.75, 3.05) is 11.1 Å². The zero-order valence-corrected chi connectivity index (χ0v) is 68.8. The number of allylic oxidation sites excluding steroid dienone is 11. The minimum absolute atomic E-state index is 0.0555. The maximum Gasteiger partial charge on any atom is 0.282 e. The smallest absolute Gasteiger partial charge is 0.282 e. The summed E-state index contributed by atoms with van der Waals surface area (Å²) >= 11 is 73.0. The predicted octanol–water partition coefficient (Wildman–Crippen LogP) is 27.8. The van der Waals surface area contributed by atoms with Crippen molar-refractivity contribution in [2.45, 2.75) is 126 Å². The molecule has 8 bridgehead atoms. The molecular weight excluding hydrogens is 1680 g/mol. The minimum Gasteiger partial charge on any atom is -0.398 e. The van der Waals surface area contributed by atoms with Gasteiger partial charge < -0.3 is 11.1 Å². The highest BCUT2D eigenvalue weighted by molar-refractivity contribution is 9.10. The van der Waals surface area contributed by atoms with Crippen molar-refractivity contribution in [1.82, 2.24) is 19.6 Å². The lowest BCUT2D eigenvalue weighted by Crippen LogP contribution is -2.16. The summed E-state index contributed by atoms with van der Waals surface area (Å²) in [6, 6.07) is 42.1. The number of carbonyl (C=O) groups is 2. The first-order chi connectivity index (χ1) is 50.9. The Morgan fingerprint density at radius 2 is 0.953 bits per heavy atom. The number of fused-ring (bicyclic) bond motifs is 20. The maximum atomic E-state index is 13.1. The molecule has 9 aliphatic carbocycles. The summed E-state index contributed by atoms with van der Waals surface area (Å²) in [5, 5.41) is 9.74. The van der Waals surface area contributed by atoms with E-state index in [0.29, 0.717) is 59.2 Å². The zero-order chi connectivity index (χ0) is 77.6. The lowest BCUT2D eigenvalue weighted by Gasteiger charge is -2.18. The summed E-state index contributed by atoms with van der Waals surface area (Å²) in [6.45, 7) is 8.30. The van der Waals surface area contributed by atoms with Crippen molar-refractivity contribution in [3.63, 3.8) is 0 Å². The van der Waals surface area contributed by atoms with Gasteiger partial charge in [0.2, 0.25) is 0 Å². The number of halogens is 17. The van der Waals surface area contributed by atoms with Gasteiger partial charge in [-0.05, 0) is 207 Å². The number of nitrogens with zero attached hydrogens (tertiary/aromatic N) is 4. The van der Waals surface area contributed by atoms with Crippen LogP contribution in [0.4, 0.5) is 28.9 Å². The first-order valence-corrected chi connectivity index (χ1v) is 39.1. The monoisotopic (exact) mass is 1740 g/mol. The average Bonchev–Trinajstić information content (AvgIpc) is 1.59. The molecule has 0 saturated heterocycles. The van der Waals surface area contributed by atoms with Crippen LogP contribution in [0.1, 0.15) is 198 Å². The summed E-state index contributed by atoms with van der Waals surface area (Å²) in [5.74, 6) is 2.02. The van der Waals surface area contributed by atoms with Crippen LogP contribution in [0.15, 0.2) is 213 Å². The average molecular weight is 1750 g/mol. The number of benzene rings is 5. The number of rotatable bonds is 5. The SMILES string of the molecule is Cc1c#cccc1.Cc1cccc(Br)c1Cl.Cc1cccc2c1C1C=CC2C1=C(Cl)Cl.Cc1cccc2c1C1CCC2C1=C(Cl)Cl.ClC(Cl)=C1C=CC=C1.Cn1cc(C(=O)Cl)c(C(F)F)n1.Cn1cc(C(=O)Nc2cccc3c2C2CCC3C2=C(Cl)Cl)c(C(F)F)n1.Nc1cccc2c1C1CCC2C1=C(Cl)Cl. The summed E-state index contributed by atoms with van der Waals surface area (Å²) in [4.78, 5) is 23.2. The molecule has 2 heterocycles. The van der Waals surface area contributed by atoms with E-state index in [1.54, 1.807) is 6.07 Å². The van der Waals surface area contributed by atoms with E-state index in [1.165, 1.54) is 93.5 Å². The maximum absolute atomic E-state index is 13.1. The van der Waals surface area contributed by atoms with E-state index in [4.69, 9.17) is 145 Å². The summed E-state index contributed by atoms with van der Waals surface area (Å²) in [7, 11) is 2.94. The van der Waals surface area contributed by atoms with Gasteiger partial charge in [-0.3, -0.25) is 19.0 Å². The highest BCUT2D eigenvalue weighted by Crippen LogP contribution is 2.63. The second kappa shape index (κ2) is 37.0.